The van der Waals surface area contributed by atoms with Crippen LogP contribution in [0.15, 0.2) is 55.1 Å². The average Bonchev–Trinajstić information content (AvgIpc) is 2.97. The molecule has 0 radical (unpaired) electrons. The van der Waals surface area contributed by atoms with E-state index in [1.165, 1.54) is 12.4 Å². The topological polar surface area (TPSA) is 56.7 Å². The lowest BCUT2D eigenvalue weighted by molar-refractivity contribution is -0.137. The van der Waals surface area contributed by atoms with E-state index in [2.05, 4.69) is 9.97 Å². The average molecular weight is 304 g/mol. The molecule has 112 valence electrons. The Hall–Kier alpha value is -2.83. The van der Waals surface area contributed by atoms with Gasteiger partial charge in [-0.3, -0.25) is 4.57 Å². The highest BCUT2D eigenvalue weighted by atomic mass is 19.4. The third-order valence-electron chi connectivity index (χ3n) is 3.13. The highest BCUT2D eigenvalue weighted by Crippen LogP contribution is 2.29. The van der Waals surface area contributed by atoms with E-state index < -0.39 is 11.7 Å². The molecule has 0 unspecified atom stereocenters. The summed E-state index contributed by atoms with van der Waals surface area (Å²) in [5.74, 6) is 0.363. The van der Waals surface area contributed by atoms with Gasteiger partial charge in [-0.2, -0.15) is 13.2 Å². The molecule has 7 heteroatoms. The maximum Gasteiger partial charge on any atom is 0.417 e. The van der Waals surface area contributed by atoms with Crippen molar-refractivity contribution in [1.82, 2.24) is 14.5 Å². The maximum atomic E-state index is 12.5. The standard InChI is InChI=1S/C15H11F3N4/c16-15(17,18)11-3-6-14(20-7-11)22-8-13(21-9-22)10-1-4-12(19)5-2-10/h1-9H,19H2. The van der Waals surface area contributed by atoms with Gasteiger partial charge < -0.3 is 5.73 Å². The number of imidazole rings is 1. The Balaban J connectivity index is 1.89. The second-order valence-corrected chi connectivity index (χ2v) is 4.69. The van der Waals surface area contributed by atoms with Gasteiger partial charge in [-0.25, -0.2) is 9.97 Å². The summed E-state index contributed by atoms with van der Waals surface area (Å²) in [6.07, 6.45) is -0.393. The zero-order valence-corrected chi connectivity index (χ0v) is 11.2. The first kappa shape index (κ1) is 14.1. The van der Waals surface area contributed by atoms with E-state index in [-0.39, 0.29) is 0 Å². The first-order valence-corrected chi connectivity index (χ1v) is 6.37. The first-order chi connectivity index (χ1) is 10.4. The minimum atomic E-state index is -4.39. The van der Waals surface area contributed by atoms with Crippen LogP contribution < -0.4 is 5.73 Å². The smallest absolute Gasteiger partial charge is 0.399 e. The molecule has 0 fully saturated rings. The number of alkyl halides is 3. The first-order valence-electron chi connectivity index (χ1n) is 6.37. The van der Waals surface area contributed by atoms with Gasteiger partial charge in [0, 0.05) is 23.6 Å². The molecule has 0 saturated heterocycles. The van der Waals surface area contributed by atoms with Crippen LogP contribution in [-0.4, -0.2) is 14.5 Å². The predicted molar refractivity (Wildman–Crippen MR) is 76.2 cm³/mol. The Labute approximate surface area is 124 Å². The van der Waals surface area contributed by atoms with Crippen molar-refractivity contribution in [3.8, 4) is 17.1 Å². The van der Waals surface area contributed by atoms with Gasteiger partial charge in [-0.15, -0.1) is 0 Å². The zero-order valence-electron chi connectivity index (χ0n) is 11.2. The molecule has 1 aromatic carbocycles. The summed E-state index contributed by atoms with van der Waals surface area (Å²) in [6, 6.07) is 9.45. The van der Waals surface area contributed by atoms with Gasteiger partial charge in [0.25, 0.3) is 0 Å². The maximum absolute atomic E-state index is 12.5. The van der Waals surface area contributed by atoms with Gasteiger partial charge in [0.1, 0.15) is 12.1 Å². The van der Waals surface area contributed by atoms with Crippen LogP contribution in [0.25, 0.3) is 17.1 Å². The summed E-state index contributed by atoms with van der Waals surface area (Å²) in [7, 11) is 0. The molecule has 3 rings (SSSR count). The van der Waals surface area contributed by atoms with Gasteiger partial charge in [-0.1, -0.05) is 12.1 Å². The Bertz CT molecular complexity index is 774. The van der Waals surface area contributed by atoms with Gasteiger partial charge in [0.15, 0.2) is 0 Å². The predicted octanol–water partition coefficient (Wildman–Crippen LogP) is 3.54. The zero-order chi connectivity index (χ0) is 15.7. The molecular formula is C15H11F3N4. The Morgan fingerprint density at radius 3 is 2.27 bits per heavy atom. The molecule has 2 heterocycles. The van der Waals surface area contributed by atoms with Crippen LogP contribution in [0.3, 0.4) is 0 Å². The highest BCUT2D eigenvalue weighted by molar-refractivity contribution is 5.61. The van der Waals surface area contributed by atoms with E-state index in [9.17, 15) is 13.2 Å². The second kappa shape index (κ2) is 5.18. The number of nitrogen functional groups attached to an aromatic ring is 1. The molecule has 0 aliphatic heterocycles. The minimum absolute atomic E-state index is 0.363. The summed E-state index contributed by atoms with van der Waals surface area (Å²) in [5.41, 5.74) is 7.03. The van der Waals surface area contributed by atoms with Crippen LogP contribution in [0.5, 0.6) is 0 Å². The molecule has 2 aromatic heterocycles. The molecular weight excluding hydrogens is 293 g/mol. The molecule has 0 aliphatic carbocycles. The van der Waals surface area contributed by atoms with E-state index in [1.54, 1.807) is 22.9 Å². The fraction of sp³-hybridized carbons (Fsp3) is 0.0667. The van der Waals surface area contributed by atoms with Crippen LogP contribution in [0.4, 0.5) is 18.9 Å². The molecule has 4 nitrogen and oxygen atoms in total. The summed E-state index contributed by atoms with van der Waals surface area (Å²) >= 11 is 0. The van der Waals surface area contributed by atoms with Crippen LogP contribution in [0.1, 0.15) is 5.56 Å². The lowest BCUT2D eigenvalue weighted by Gasteiger charge is -2.06. The number of hydrogen-bond acceptors (Lipinski definition) is 3. The van der Waals surface area contributed by atoms with Crippen molar-refractivity contribution < 1.29 is 13.2 Å². The number of rotatable bonds is 2. The summed E-state index contributed by atoms with van der Waals surface area (Å²) in [5, 5.41) is 0. The normalized spacial score (nSPS) is 11.6. The van der Waals surface area contributed by atoms with Crippen molar-refractivity contribution in [2.45, 2.75) is 6.18 Å². The monoisotopic (exact) mass is 304 g/mol. The van der Waals surface area contributed by atoms with E-state index in [4.69, 9.17) is 5.73 Å². The third-order valence-corrected chi connectivity index (χ3v) is 3.13. The molecule has 0 atom stereocenters. The molecule has 22 heavy (non-hydrogen) atoms. The van der Waals surface area contributed by atoms with Crippen molar-refractivity contribution >= 4 is 5.69 Å². The molecule has 0 amide bonds. The number of nitrogens with zero attached hydrogens (tertiary/aromatic N) is 3. The quantitative estimate of drug-likeness (QED) is 0.737. The third kappa shape index (κ3) is 2.78. The van der Waals surface area contributed by atoms with Gasteiger partial charge in [0.05, 0.1) is 11.3 Å². The van der Waals surface area contributed by atoms with Crippen molar-refractivity contribution in [2.75, 3.05) is 5.73 Å². The van der Waals surface area contributed by atoms with Gasteiger partial charge in [0.2, 0.25) is 0 Å². The van der Waals surface area contributed by atoms with Crippen molar-refractivity contribution in [3.63, 3.8) is 0 Å². The molecule has 3 aromatic rings. The minimum Gasteiger partial charge on any atom is -0.399 e. The number of hydrogen-bond donors (Lipinski definition) is 1. The lowest BCUT2D eigenvalue weighted by Crippen LogP contribution is -2.06. The van der Waals surface area contributed by atoms with Gasteiger partial charge >= 0.3 is 6.18 Å². The van der Waals surface area contributed by atoms with Crippen molar-refractivity contribution in [1.29, 1.82) is 0 Å². The molecule has 0 bridgehead atoms. The fourth-order valence-corrected chi connectivity index (χ4v) is 1.96. The Morgan fingerprint density at radius 2 is 1.68 bits per heavy atom. The van der Waals surface area contributed by atoms with E-state index in [0.717, 1.165) is 17.8 Å². The van der Waals surface area contributed by atoms with E-state index in [0.29, 0.717) is 17.2 Å². The number of anilines is 1. The van der Waals surface area contributed by atoms with Crippen LogP contribution in [-0.2, 0) is 6.18 Å². The van der Waals surface area contributed by atoms with Crippen LogP contribution in [0.2, 0.25) is 0 Å². The van der Waals surface area contributed by atoms with Gasteiger partial charge in [-0.05, 0) is 24.3 Å². The number of aromatic nitrogens is 3. The number of nitrogens with two attached hydrogens (primary N) is 1. The fourth-order valence-electron chi connectivity index (χ4n) is 1.96. The lowest BCUT2D eigenvalue weighted by atomic mass is 10.1. The summed E-state index contributed by atoms with van der Waals surface area (Å²) < 4.78 is 39.1. The van der Waals surface area contributed by atoms with E-state index in [1.807, 2.05) is 12.1 Å². The number of halogens is 3. The number of benzene rings is 1. The van der Waals surface area contributed by atoms with E-state index >= 15 is 0 Å². The molecule has 0 spiro atoms. The summed E-state index contributed by atoms with van der Waals surface area (Å²) in [6.45, 7) is 0. The number of pyridine rings is 1. The van der Waals surface area contributed by atoms with Crippen molar-refractivity contribution in [2.24, 2.45) is 0 Å². The van der Waals surface area contributed by atoms with Crippen molar-refractivity contribution in [3.05, 3.63) is 60.7 Å². The molecule has 2 N–H and O–H groups in total. The molecule has 0 saturated carbocycles. The van der Waals surface area contributed by atoms with Crippen LogP contribution in [0, 0.1) is 0 Å². The largest absolute Gasteiger partial charge is 0.417 e. The second-order valence-electron chi connectivity index (χ2n) is 4.69. The Kier molecular flexibility index (Phi) is 3.32. The Morgan fingerprint density at radius 1 is 0.955 bits per heavy atom. The highest BCUT2D eigenvalue weighted by Gasteiger charge is 2.30. The van der Waals surface area contributed by atoms with Crippen LogP contribution >= 0.6 is 0 Å². The molecule has 0 aliphatic rings. The SMILES string of the molecule is Nc1ccc(-c2cn(-c3ccc(C(F)(F)F)cn3)cn2)cc1. The summed E-state index contributed by atoms with van der Waals surface area (Å²) in [4.78, 5) is 8.04.